The van der Waals surface area contributed by atoms with Crippen molar-refractivity contribution in [1.82, 2.24) is 0 Å². The highest BCUT2D eigenvalue weighted by Crippen LogP contribution is 2.14. The van der Waals surface area contributed by atoms with Crippen LogP contribution in [0.3, 0.4) is 0 Å². The van der Waals surface area contributed by atoms with Crippen molar-refractivity contribution in [3.05, 3.63) is 65.0 Å². The predicted octanol–water partition coefficient (Wildman–Crippen LogP) is 3.38. The van der Waals surface area contributed by atoms with Crippen molar-refractivity contribution in [3.63, 3.8) is 0 Å². The highest BCUT2D eigenvalue weighted by molar-refractivity contribution is 5.46. The zero-order valence-electron chi connectivity index (χ0n) is 10.7. The lowest BCUT2D eigenvalue weighted by Crippen LogP contribution is -2.00. The van der Waals surface area contributed by atoms with Crippen LogP contribution in [0, 0.1) is 28.5 Å². The Kier molecular flexibility index (Phi) is 4.32. The van der Waals surface area contributed by atoms with E-state index in [4.69, 9.17) is 10.5 Å². The quantitative estimate of drug-likeness (QED) is 0.921. The molecule has 0 unspecified atom stereocenters. The Morgan fingerprint density at radius 3 is 2.35 bits per heavy atom. The number of benzene rings is 2. The van der Waals surface area contributed by atoms with E-state index in [0.717, 1.165) is 16.8 Å². The summed E-state index contributed by atoms with van der Waals surface area (Å²) >= 11 is 0. The first-order chi connectivity index (χ1) is 9.72. The van der Waals surface area contributed by atoms with Gasteiger partial charge in [0.15, 0.2) is 0 Å². The van der Waals surface area contributed by atoms with Crippen molar-refractivity contribution in [2.75, 3.05) is 5.32 Å². The van der Waals surface area contributed by atoms with Gasteiger partial charge in [-0.2, -0.15) is 10.5 Å². The van der Waals surface area contributed by atoms with Gasteiger partial charge in [0.25, 0.3) is 0 Å². The molecule has 0 spiro atoms. The molecule has 0 aliphatic carbocycles. The van der Waals surface area contributed by atoms with Crippen LogP contribution >= 0.6 is 0 Å². The first-order valence-corrected chi connectivity index (χ1v) is 6.11. The van der Waals surface area contributed by atoms with Crippen LogP contribution in [0.2, 0.25) is 0 Å². The molecular weight excluding hydrogens is 253 g/mol. The predicted molar refractivity (Wildman–Crippen MR) is 74.2 cm³/mol. The van der Waals surface area contributed by atoms with Gasteiger partial charge in [-0.3, -0.25) is 0 Å². The van der Waals surface area contributed by atoms with Crippen molar-refractivity contribution in [3.8, 4) is 12.1 Å². The Morgan fingerprint density at radius 1 is 1.00 bits per heavy atom. The van der Waals surface area contributed by atoms with E-state index in [2.05, 4.69) is 11.4 Å². The van der Waals surface area contributed by atoms with Crippen molar-refractivity contribution in [1.29, 1.82) is 10.5 Å². The molecule has 0 aliphatic heterocycles. The Hall–Kier alpha value is -2.85. The van der Waals surface area contributed by atoms with E-state index in [1.54, 1.807) is 6.07 Å². The molecule has 0 radical (unpaired) electrons. The minimum Gasteiger partial charge on any atom is -0.381 e. The van der Waals surface area contributed by atoms with Crippen LogP contribution in [-0.2, 0) is 13.0 Å². The summed E-state index contributed by atoms with van der Waals surface area (Å²) in [6.07, 6.45) is 0.393. The van der Waals surface area contributed by atoms with Crippen molar-refractivity contribution >= 4 is 5.69 Å². The molecule has 2 aromatic rings. The SMILES string of the molecule is N#CCc1ccc(NCc2ccc(F)c(C#N)c2)cc1. The summed E-state index contributed by atoms with van der Waals surface area (Å²) in [6, 6.07) is 15.9. The molecule has 0 bridgehead atoms. The van der Waals surface area contributed by atoms with Gasteiger partial charge < -0.3 is 5.32 Å². The molecule has 98 valence electrons. The maximum Gasteiger partial charge on any atom is 0.140 e. The number of nitriles is 2. The lowest BCUT2D eigenvalue weighted by Gasteiger charge is -2.07. The Balaban J connectivity index is 2.02. The van der Waals surface area contributed by atoms with Crippen LogP contribution in [0.4, 0.5) is 10.1 Å². The topological polar surface area (TPSA) is 59.6 Å². The number of nitrogens with one attached hydrogen (secondary N) is 1. The summed E-state index contributed by atoms with van der Waals surface area (Å²) in [6.45, 7) is 0.507. The second-order valence-electron chi connectivity index (χ2n) is 4.31. The lowest BCUT2D eigenvalue weighted by atomic mass is 10.1. The van der Waals surface area contributed by atoms with E-state index >= 15 is 0 Å². The Labute approximate surface area is 116 Å². The van der Waals surface area contributed by atoms with Gasteiger partial charge in [0, 0.05) is 12.2 Å². The van der Waals surface area contributed by atoms with Gasteiger partial charge in [-0.05, 0) is 35.4 Å². The van der Waals surface area contributed by atoms with Gasteiger partial charge in [0.2, 0.25) is 0 Å². The molecule has 0 amide bonds. The first-order valence-electron chi connectivity index (χ1n) is 6.11. The molecule has 4 heteroatoms. The number of halogens is 1. The van der Waals surface area contributed by atoms with E-state index in [9.17, 15) is 4.39 Å². The molecule has 0 aliphatic rings. The minimum absolute atomic E-state index is 0.0497. The zero-order chi connectivity index (χ0) is 14.4. The van der Waals surface area contributed by atoms with E-state index < -0.39 is 5.82 Å². The van der Waals surface area contributed by atoms with Crippen LogP contribution in [0.15, 0.2) is 42.5 Å². The van der Waals surface area contributed by atoms with Crippen LogP contribution in [0.5, 0.6) is 0 Å². The largest absolute Gasteiger partial charge is 0.381 e. The van der Waals surface area contributed by atoms with E-state index in [1.165, 1.54) is 12.1 Å². The molecule has 0 saturated heterocycles. The third-order valence-electron chi connectivity index (χ3n) is 2.88. The number of hydrogen-bond donors (Lipinski definition) is 1. The van der Waals surface area contributed by atoms with Crippen LogP contribution < -0.4 is 5.32 Å². The summed E-state index contributed by atoms with van der Waals surface area (Å²) in [5.41, 5.74) is 2.76. The summed E-state index contributed by atoms with van der Waals surface area (Å²) in [7, 11) is 0. The second kappa shape index (κ2) is 6.36. The average Bonchev–Trinajstić information content (AvgIpc) is 2.48. The molecule has 2 aromatic carbocycles. The second-order valence-corrected chi connectivity index (χ2v) is 4.31. The molecule has 3 nitrogen and oxygen atoms in total. The summed E-state index contributed by atoms with van der Waals surface area (Å²) < 4.78 is 13.2. The molecule has 20 heavy (non-hydrogen) atoms. The van der Waals surface area contributed by atoms with Crippen LogP contribution in [0.25, 0.3) is 0 Å². The summed E-state index contributed by atoms with van der Waals surface area (Å²) in [5, 5.41) is 20.5. The molecule has 0 atom stereocenters. The minimum atomic E-state index is -0.503. The molecule has 0 fully saturated rings. The molecular formula is C16H12FN3. The number of hydrogen-bond acceptors (Lipinski definition) is 3. The van der Waals surface area contributed by atoms with Crippen LogP contribution in [-0.4, -0.2) is 0 Å². The van der Waals surface area contributed by atoms with Gasteiger partial charge in [-0.1, -0.05) is 18.2 Å². The average molecular weight is 265 g/mol. The fourth-order valence-electron chi connectivity index (χ4n) is 1.80. The van der Waals surface area contributed by atoms with Gasteiger partial charge in [-0.25, -0.2) is 4.39 Å². The van der Waals surface area contributed by atoms with E-state index in [-0.39, 0.29) is 5.56 Å². The normalized spacial score (nSPS) is 9.55. The van der Waals surface area contributed by atoms with Gasteiger partial charge in [0.1, 0.15) is 11.9 Å². The number of rotatable bonds is 4. The van der Waals surface area contributed by atoms with E-state index in [0.29, 0.717) is 13.0 Å². The fourth-order valence-corrected chi connectivity index (χ4v) is 1.80. The third-order valence-corrected chi connectivity index (χ3v) is 2.88. The monoisotopic (exact) mass is 265 g/mol. The van der Waals surface area contributed by atoms with Crippen molar-refractivity contribution in [2.24, 2.45) is 0 Å². The highest BCUT2D eigenvalue weighted by Gasteiger charge is 2.02. The highest BCUT2D eigenvalue weighted by atomic mass is 19.1. The van der Waals surface area contributed by atoms with Gasteiger partial charge in [0.05, 0.1) is 18.1 Å². The first kappa shape index (κ1) is 13.6. The summed E-state index contributed by atoms with van der Waals surface area (Å²) in [5.74, 6) is -0.503. The maximum absolute atomic E-state index is 13.2. The Morgan fingerprint density at radius 2 is 1.70 bits per heavy atom. The molecule has 1 N–H and O–H groups in total. The fraction of sp³-hybridized carbons (Fsp3) is 0.125. The zero-order valence-corrected chi connectivity index (χ0v) is 10.7. The molecule has 0 saturated carbocycles. The molecule has 2 rings (SSSR count). The number of anilines is 1. The lowest BCUT2D eigenvalue weighted by molar-refractivity contribution is 0.623. The van der Waals surface area contributed by atoms with Gasteiger partial charge >= 0.3 is 0 Å². The standard InChI is InChI=1S/C16H12FN3/c17-16-6-3-13(9-14(16)10-19)11-20-15-4-1-12(2-5-15)7-8-18/h1-6,9,20H,7,11H2. The van der Waals surface area contributed by atoms with Crippen LogP contribution in [0.1, 0.15) is 16.7 Å². The summed E-state index contributed by atoms with van der Waals surface area (Å²) in [4.78, 5) is 0. The number of nitrogens with zero attached hydrogens (tertiary/aromatic N) is 2. The smallest absolute Gasteiger partial charge is 0.140 e. The van der Waals surface area contributed by atoms with E-state index in [1.807, 2.05) is 30.3 Å². The van der Waals surface area contributed by atoms with Crippen molar-refractivity contribution < 1.29 is 4.39 Å². The third kappa shape index (κ3) is 3.34. The molecule has 0 aromatic heterocycles. The Bertz CT molecular complexity index is 678. The van der Waals surface area contributed by atoms with Crippen molar-refractivity contribution in [2.45, 2.75) is 13.0 Å². The van der Waals surface area contributed by atoms with Gasteiger partial charge in [-0.15, -0.1) is 0 Å². The molecule has 0 heterocycles. The maximum atomic E-state index is 13.2.